The summed E-state index contributed by atoms with van der Waals surface area (Å²) in [6.45, 7) is 3.91. The van der Waals surface area contributed by atoms with Gasteiger partial charge in [0.15, 0.2) is 0 Å². The van der Waals surface area contributed by atoms with Gasteiger partial charge in [-0.2, -0.15) is 0 Å². The van der Waals surface area contributed by atoms with Crippen LogP contribution in [0.25, 0.3) is 0 Å². The van der Waals surface area contributed by atoms with E-state index in [0.717, 1.165) is 4.88 Å². The summed E-state index contributed by atoms with van der Waals surface area (Å²) in [5.41, 5.74) is 11.7. The van der Waals surface area contributed by atoms with Crippen molar-refractivity contribution in [2.24, 2.45) is 11.5 Å². The van der Waals surface area contributed by atoms with Crippen LogP contribution in [-0.2, 0) is 0 Å². The Labute approximate surface area is 122 Å². The Morgan fingerprint density at radius 1 is 1.25 bits per heavy atom. The van der Waals surface area contributed by atoms with Gasteiger partial charge in [0.2, 0.25) is 0 Å². The summed E-state index contributed by atoms with van der Waals surface area (Å²) in [6.07, 6.45) is -0.297. The first-order chi connectivity index (χ1) is 9.49. The Bertz CT molecular complexity index is 607. The number of hydrogen-bond donors (Lipinski definition) is 2. The van der Waals surface area contributed by atoms with Crippen molar-refractivity contribution in [2.75, 3.05) is 0 Å². The summed E-state index contributed by atoms with van der Waals surface area (Å²) < 4.78 is 5.95. The first kappa shape index (κ1) is 14.6. The van der Waals surface area contributed by atoms with Gasteiger partial charge in [-0.05, 0) is 38.1 Å². The molecule has 0 bridgehead atoms. The molecule has 0 saturated heterocycles. The zero-order chi connectivity index (χ0) is 14.7. The minimum Gasteiger partial charge on any atom is -0.482 e. The van der Waals surface area contributed by atoms with Crippen LogP contribution >= 0.6 is 11.3 Å². The molecule has 0 aliphatic rings. The van der Waals surface area contributed by atoms with E-state index in [-0.39, 0.29) is 12.1 Å². The molecular weight excluding hydrogens is 272 g/mol. The van der Waals surface area contributed by atoms with E-state index in [1.54, 1.807) is 35.6 Å². The van der Waals surface area contributed by atoms with Crippen molar-refractivity contribution in [3.05, 3.63) is 51.7 Å². The molecule has 106 valence electrons. The van der Waals surface area contributed by atoms with Crippen molar-refractivity contribution in [1.29, 1.82) is 0 Å². The zero-order valence-electron chi connectivity index (χ0n) is 11.5. The number of ether oxygens (including phenoxy) is 1. The normalized spacial score (nSPS) is 13.8. The van der Waals surface area contributed by atoms with Gasteiger partial charge >= 0.3 is 0 Å². The summed E-state index contributed by atoms with van der Waals surface area (Å²) in [5.74, 6) is -0.0419. The van der Waals surface area contributed by atoms with E-state index in [2.05, 4.69) is 0 Å². The average Bonchev–Trinajstić information content (AvgIpc) is 2.82. The molecule has 1 amide bonds. The molecule has 1 aromatic heterocycles. The van der Waals surface area contributed by atoms with Crippen LogP contribution in [0.4, 0.5) is 0 Å². The number of rotatable bonds is 5. The standard InChI is InChI=1S/C15H18N2O2S/c1-9-7-8-13(20-9)14(10(2)16)19-12-6-4-3-5-11(12)15(17)18/h3-8,10,14H,16H2,1-2H3,(H2,17,18). The van der Waals surface area contributed by atoms with Crippen molar-refractivity contribution in [3.8, 4) is 5.75 Å². The summed E-state index contributed by atoms with van der Waals surface area (Å²) in [6, 6.07) is 10.8. The van der Waals surface area contributed by atoms with Gasteiger partial charge in [0, 0.05) is 15.8 Å². The fraction of sp³-hybridized carbons (Fsp3) is 0.267. The van der Waals surface area contributed by atoms with Crippen molar-refractivity contribution in [2.45, 2.75) is 26.0 Å². The molecule has 5 heteroatoms. The Morgan fingerprint density at radius 2 is 1.95 bits per heavy atom. The number of amides is 1. The van der Waals surface area contributed by atoms with E-state index in [1.807, 2.05) is 26.0 Å². The van der Waals surface area contributed by atoms with Gasteiger partial charge in [-0.1, -0.05) is 12.1 Å². The van der Waals surface area contributed by atoms with Crippen molar-refractivity contribution in [1.82, 2.24) is 0 Å². The van der Waals surface area contributed by atoms with E-state index in [1.165, 1.54) is 4.88 Å². The smallest absolute Gasteiger partial charge is 0.252 e. The van der Waals surface area contributed by atoms with Crippen LogP contribution in [-0.4, -0.2) is 11.9 Å². The molecule has 2 atom stereocenters. The summed E-state index contributed by atoms with van der Waals surface area (Å²) in [7, 11) is 0. The van der Waals surface area contributed by atoms with Crippen LogP contribution in [0.5, 0.6) is 5.75 Å². The van der Waals surface area contributed by atoms with Crippen LogP contribution in [0.2, 0.25) is 0 Å². The lowest BCUT2D eigenvalue weighted by molar-refractivity contribution is 0.0991. The summed E-state index contributed by atoms with van der Waals surface area (Å²) in [4.78, 5) is 13.7. The zero-order valence-corrected chi connectivity index (χ0v) is 12.3. The van der Waals surface area contributed by atoms with Crippen LogP contribution in [0, 0.1) is 6.92 Å². The fourth-order valence-electron chi connectivity index (χ4n) is 1.94. The maximum Gasteiger partial charge on any atom is 0.252 e. The molecule has 0 saturated carbocycles. The number of para-hydroxylation sites is 1. The SMILES string of the molecule is Cc1ccc(C(Oc2ccccc2C(N)=O)C(C)N)s1. The maximum atomic E-state index is 11.4. The molecule has 4 nitrogen and oxygen atoms in total. The summed E-state index contributed by atoms with van der Waals surface area (Å²) >= 11 is 1.64. The topological polar surface area (TPSA) is 78.3 Å². The maximum absolute atomic E-state index is 11.4. The largest absolute Gasteiger partial charge is 0.482 e. The number of benzene rings is 1. The predicted octanol–water partition coefficient (Wildman–Crippen LogP) is 2.62. The Balaban J connectivity index is 2.32. The number of thiophene rings is 1. The lowest BCUT2D eigenvalue weighted by Crippen LogP contribution is -2.29. The van der Waals surface area contributed by atoms with Gasteiger partial charge in [-0.15, -0.1) is 11.3 Å². The first-order valence-electron chi connectivity index (χ1n) is 6.36. The molecule has 1 heterocycles. The van der Waals surface area contributed by atoms with Gasteiger partial charge in [0.05, 0.1) is 5.56 Å². The fourth-order valence-corrected chi connectivity index (χ4v) is 2.96. The Hall–Kier alpha value is -1.85. The van der Waals surface area contributed by atoms with E-state index in [0.29, 0.717) is 11.3 Å². The lowest BCUT2D eigenvalue weighted by Gasteiger charge is -2.22. The van der Waals surface area contributed by atoms with Gasteiger partial charge in [-0.3, -0.25) is 4.79 Å². The molecule has 0 radical (unpaired) electrons. The highest BCUT2D eigenvalue weighted by Crippen LogP contribution is 2.30. The van der Waals surface area contributed by atoms with Gasteiger partial charge in [-0.25, -0.2) is 0 Å². The highest BCUT2D eigenvalue weighted by Gasteiger charge is 2.22. The molecule has 0 aliphatic carbocycles. The highest BCUT2D eigenvalue weighted by atomic mass is 32.1. The summed E-state index contributed by atoms with van der Waals surface area (Å²) in [5, 5.41) is 0. The number of carbonyl (C=O) groups is 1. The van der Waals surface area contributed by atoms with Crippen molar-refractivity contribution in [3.63, 3.8) is 0 Å². The van der Waals surface area contributed by atoms with E-state index < -0.39 is 5.91 Å². The van der Waals surface area contributed by atoms with Crippen LogP contribution in [0.1, 0.15) is 33.1 Å². The molecular formula is C15H18N2O2S. The number of primary amides is 1. The Kier molecular flexibility index (Phi) is 4.42. The van der Waals surface area contributed by atoms with E-state index >= 15 is 0 Å². The van der Waals surface area contributed by atoms with Gasteiger partial charge in [0.1, 0.15) is 11.9 Å². The predicted molar refractivity (Wildman–Crippen MR) is 81.0 cm³/mol. The van der Waals surface area contributed by atoms with E-state index in [9.17, 15) is 4.79 Å². The van der Waals surface area contributed by atoms with E-state index in [4.69, 9.17) is 16.2 Å². The average molecular weight is 290 g/mol. The number of aryl methyl sites for hydroxylation is 1. The van der Waals surface area contributed by atoms with Crippen molar-refractivity contribution >= 4 is 17.2 Å². The van der Waals surface area contributed by atoms with Gasteiger partial charge < -0.3 is 16.2 Å². The molecule has 2 unspecified atom stereocenters. The van der Waals surface area contributed by atoms with Crippen LogP contribution in [0.15, 0.2) is 36.4 Å². The first-order valence-corrected chi connectivity index (χ1v) is 7.18. The Morgan fingerprint density at radius 3 is 2.50 bits per heavy atom. The second-order valence-electron chi connectivity index (χ2n) is 4.71. The monoisotopic (exact) mass is 290 g/mol. The molecule has 0 fully saturated rings. The molecule has 2 aromatic rings. The van der Waals surface area contributed by atoms with Crippen LogP contribution < -0.4 is 16.2 Å². The second-order valence-corrected chi connectivity index (χ2v) is 6.03. The minimum absolute atomic E-state index is 0.200. The molecule has 1 aromatic carbocycles. The second kappa shape index (κ2) is 6.07. The molecule has 2 rings (SSSR count). The third-order valence-corrected chi connectivity index (χ3v) is 3.99. The molecule has 0 aliphatic heterocycles. The van der Waals surface area contributed by atoms with Crippen molar-refractivity contribution < 1.29 is 9.53 Å². The number of nitrogens with two attached hydrogens (primary N) is 2. The molecule has 4 N–H and O–H groups in total. The number of hydrogen-bond acceptors (Lipinski definition) is 4. The third kappa shape index (κ3) is 3.18. The highest BCUT2D eigenvalue weighted by molar-refractivity contribution is 7.12. The molecule has 0 spiro atoms. The quantitative estimate of drug-likeness (QED) is 0.888. The minimum atomic E-state index is -0.508. The third-order valence-electron chi connectivity index (χ3n) is 2.93. The van der Waals surface area contributed by atoms with Gasteiger partial charge in [0.25, 0.3) is 5.91 Å². The van der Waals surface area contributed by atoms with Crippen LogP contribution in [0.3, 0.4) is 0 Å². The molecule has 20 heavy (non-hydrogen) atoms. The number of carbonyl (C=O) groups excluding carboxylic acids is 1. The lowest BCUT2D eigenvalue weighted by atomic mass is 10.1.